The predicted molar refractivity (Wildman–Crippen MR) is 157 cm³/mol. The summed E-state index contributed by atoms with van der Waals surface area (Å²) in [6.07, 6.45) is 3.30. The predicted octanol–water partition coefficient (Wildman–Crippen LogP) is 5.89. The van der Waals surface area contributed by atoms with Crippen LogP contribution in [0.25, 0.3) is 10.8 Å². The van der Waals surface area contributed by atoms with Gasteiger partial charge in [0, 0.05) is 22.6 Å². The first-order chi connectivity index (χ1) is 19.4. The van der Waals surface area contributed by atoms with Crippen molar-refractivity contribution in [3.8, 4) is 11.5 Å². The van der Waals surface area contributed by atoms with Gasteiger partial charge in [-0.05, 0) is 60.2 Å². The molecule has 0 radical (unpaired) electrons. The van der Waals surface area contributed by atoms with Crippen LogP contribution in [0.2, 0.25) is 0 Å². The molecule has 1 amide bonds. The second-order valence-electron chi connectivity index (χ2n) is 9.44. The lowest BCUT2D eigenvalue weighted by atomic mass is 10.1. The van der Waals surface area contributed by atoms with Gasteiger partial charge in [0.2, 0.25) is 0 Å². The molecule has 1 heterocycles. The van der Waals surface area contributed by atoms with Crippen molar-refractivity contribution >= 4 is 38.6 Å². The minimum absolute atomic E-state index is 0.161. The first kappa shape index (κ1) is 27.2. The van der Waals surface area contributed by atoms with E-state index in [1.807, 2.05) is 56.3 Å². The molecule has 5 rings (SSSR count). The summed E-state index contributed by atoms with van der Waals surface area (Å²) >= 11 is 0. The topological polar surface area (TPSA) is 97.3 Å². The summed E-state index contributed by atoms with van der Waals surface area (Å²) in [5, 5.41) is 5.74. The van der Waals surface area contributed by atoms with E-state index in [2.05, 4.69) is 10.5 Å². The van der Waals surface area contributed by atoms with Crippen LogP contribution in [-0.4, -0.2) is 33.8 Å². The van der Waals surface area contributed by atoms with E-state index in [0.717, 1.165) is 40.5 Å². The van der Waals surface area contributed by atoms with Crippen LogP contribution >= 0.6 is 0 Å². The lowest BCUT2D eigenvalue weighted by molar-refractivity contribution is 0.0955. The van der Waals surface area contributed by atoms with Crippen molar-refractivity contribution in [2.24, 2.45) is 5.10 Å². The van der Waals surface area contributed by atoms with Crippen LogP contribution in [0, 0.1) is 0 Å². The van der Waals surface area contributed by atoms with Gasteiger partial charge >= 0.3 is 0 Å². The van der Waals surface area contributed by atoms with Crippen LogP contribution in [0.4, 0.5) is 5.69 Å². The van der Waals surface area contributed by atoms with Crippen LogP contribution in [0.5, 0.6) is 11.5 Å². The van der Waals surface area contributed by atoms with Gasteiger partial charge < -0.3 is 9.47 Å². The SMILES string of the molecule is CCCOc1ccc(/C=N\NC(=O)c2ccc(CN3c4cccc5cccc(c45)S3(=O)=O)cc2)c(OCCC)c1. The fourth-order valence-electron chi connectivity index (χ4n) is 4.55. The maximum atomic E-state index is 13.3. The van der Waals surface area contributed by atoms with E-state index in [9.17, 15) is 13.2 Å². The molecule has 4 aromatic rings. The van der Waals surface area contributed by atoms with E-state index in [1.165, 1.54) is 10.5 Å². The highest BCUT2D eigenvalue weighted by molar-refractivity contribution is 7.93. The number of hydrogen-bond donors (Lipinski definition) is 1. The van der Waals surface area contributed by atoms with Crippen LogP contribution in [0.1, 0.15) is 48.2 Å². The van der Waals surface area contributed by atoms with Gasteiger partial charge in [0.1, 0.15) is 11.5 Å². The van der Waals surface area contributed by atoms with Crippen LogP contribution in [0.3, 0.4) is 0 Å². The molecule has 9 heteroatoms. The number of nitrogens with one attached hydrogen (secondary N) is 1. The molecular weight excluding hydrogens is 526 g/mol. The smallest absolute Gasteiger partial charge is 0.271 e. The molecule has 0 unspecified atom stereocenters. The zero-order chi connectivity index (χ0) is 28.1. The molecule has 0 spiro atoms. The molecule has 0 aromatic heterocycles. The van der Waals surface area contributed by atoms with E-state index >= 15 is 0 Å². The number of anilines is 1. The fraction of sp³-hybridized carbons (Fsp3) is 0.226. The van der Waals surface area contributed by atoms with E-state index < -0.39 is 10.0 Å². The van der Waals surface area contributed by atoms with Crippen molar-refractivity contribution in [1.82, 2.24) is 5.43 Å². The minimum atomic E-state index is -3.66. The number of hydrogen-bond acceptors (Lipinski definition) is 6. The van der Waals surface area contributed by atoms with Crippen molar-refractivity contribution in [2.75, 3.05) is 17.5 Å². The van der Waals surface area contributed by atoms with Gasteiger partial charge in [-0.25, -0.2) is 13.8 Å². The Balaban J connectivity index is 1.26. The molecule has 0 saturated carbocycles. The van der Waals surface area contributed by atoms with E-state index in [-0.39, 0.29) is 12.5 Å². The molecule has 206 valence electrons. The molecule has 0 saturated heterocycles. The Morgan fingerprint density at radius 2 is 1.65 bits per heavy atom. The normalized spacial score (nSPS) is 13.6. The number of carbonyl (C=O) groups excluding carboxylic acids is 1. The Bertz CT molecular complexity index is 1660. The van der Waals surface area contributed by atoms with E-state index in [1.54, 1.807) is 36.4 Å². The molecule has 0 bridgehead atoms. The van der Waals surface area contributed by atoms with Gasteiger partial charge in [-0.3, -0.25) is 9.10 Å². The van der Waals surface area contributed by atoms with Crippen LogP contribution < -0.4 is 19.2 Å². The lowest BCUT2D eigenvalue weighted by Crippen LogP contribution is -2.26. The summed E-state index contributed by atoms with van der Waals surface area (Å²) in [5.74, 6) is 0.969. The number of rotatable bonds is 11. The second-order valence-corrected chi connectivity index (χ2v) is 11.3. The summed E-state index contributed by atoms with van der Waals surface area (Å²) in [6.45, 7) is 5.40. The molecule has 1 N–H and O–H groups in total. The zero-order valence-electron chi connectivity index (χ0n) is 22.5. The maximum absolute atomic E-state index is 13.3. The van der Waals surface area contributed by atoms with Crippen molar-refractivity contribution in [3.05, 3.63) is 95.6 Å². The van der Waals surface area contributed by atoms with Gasteiger partial charge in [-0.2, -0.15) is 5.10 Å². The zero-order valence-corrected chi connectivity index (χ0v) is 23.3. The van der Waals surface area contributed by atoms with Crippen molar-refractivity contribution in [1.29, 1.82) is 0 Å². The van der Waals surface area contributed by atoms with Gasteiger partial charge in [0.15, 0.2) is 0 Å². The van der Waals surface area contributed by atoms with Gasteiger partial charge in [0.05, 0.1) is 36.6 Å². The van der Waals surface area contributed by atoms with Crippen molar-refractivity contribution in [3.63, 3.8) is 0 Å². The Labute approximate surface area is 234 Å². The third-order valence-electron chi connectivity index (χ3n) is 6.51. The number of carbonyl (C=O) groups is 1. The summed E-state index contributed by atoms with van der Waals surface area (Å²) in [4.78, 5) is 13.0. The first-order valence-corrected chi connectivity index (χ1v) is 14.7. The van der Waals surface area contributed by atoms with Crippen molar-refractivity contribution < 1.29 is 22.7 Å². The molecular formula is C31H31N3O5S. The molecule has 0 aliphatic carbocycles. The summed E-state index contributed by atoms with van der Waals surface area (Å²) < 4.78 is 39.5. The second kappa shape index (κ2) is 11.8. The number of nitrogens with zero attached hydrogens (tertiary/aromatic N) is 2. The Hall–Kier alpha value is -4.37. The lowest BCUT2D eigenvalue weighted by Gasteiger charge is -2.19. The Kier molecular flexibility index (Phi) is 8.02. The minimum Gasteiger partial charge on any atom is -0.493 e. The number of benzene rings is 4. The maximum Gasteiger partial charge on any atom is 0.271 e. The molecule has 8 nitrogen and oxygen atoms in total. The van der Waals surface area contributed by atoms with Crippen LogP contribution in [0.15, 0.2) is 88.9 Å². The number of hydrazone groups is 1. The summed E-state index contributed by atoms with van der Waals surface area (Å²) in [6, 6.07) is 23.2. The van der Waals surface area contributed by atoms with E-state index in [0.29, 0.717) is 35.1 Å². The molecule has 40 heavy (non-hydrogen) atoms. The third-order valence-corrected chi connectivity index (χ3v) is 8.31. The molecule has 1 aliphatic rings. The highest BCUT2D eigenvalue weighted by Crippen LogP contribution is 2.42. The Morgan fingerprint density at radius 3 is 2.40 bits per heavy atom. The number of sulfonamides is 1. The number of amides is 1. The van der Waals surface area contributed by atoms with Gasteiger partial charge in [-0.15, -0.1) is 0 Å². The van der Waals surface area contributed by atoms with Gasteiger partial charge in [0.25, 0.3) is 15.9 Å². The first-order valence-electron chi connectivity index (χ1n) is 13.3. The highest BCUT2D eigenvalue weighted by atomic mass is 32.2. The highest BCUT2D eigenvalue weighted by Gasteiger charge is 2.35. The monoisotopic (exact) mass is 557 g/mol. The Morgan fingerprint density at radius 1 is 0.925 bits per heavy atom. The average molecular weight is 558 g/mol. The van der Waals surface area contributed by atoms with Crippen molar-refractivity contribution in [2.45, 2.75) is 38.1 Å². The summed E-state index contributed by atoms with van der Waals surface area (Å²) in [7, 11) is -3.66. The van der Waals surface area contributed by atoms with Gasteiger partial charge in [-0.1, -0.05) is 50.2 Å². The summed E-state index contributed by atoms with van der Waals surface area (Å²) in [5.41, 5.74) is 5.09. The van der Waals surface area contributed by atoms with Crippen LogP contribution in [-0.2, 0) is 16.6 Å². The largest absolute Gasteiger partial charge is 0.493 e. The molecule has 0 atom stereocenters. The average Bonchev–Trinajstić information content (AvgIpc) is 3.19. The quantitative estimate of drug-likeness (QED) is 0.183. The fourth-order valence-corrected chi connectivity index (χ4v) is 6.25. The molecule has 4 aromatic carbocycles. The number of ether oxygens (including phenoxy) is 2. The van der Waals surface area contributed by atoms with E-state index in [4.69, 9.17) is 9.47 Å². The standard InChI is InChI=1S/C31H31N3O5S/c1-3-17-38-26-16-15-25(28(19-26)39-18-4-2)20-32-33-31(35)24-13-11-22(12-14-24)21-34-27-9-5-7-23-8-6-10-29(30(23)27)40(34,36)37/h5-16,19-20H,3-4,17-18,21H2,1-2H3,(H,33,35)/b32-20-. The third kappa shape index (κ3) is 5.51. The molecule has 1 aliphatic heterocycles. The molecule has 0 fully saturated rings.